The van der Waals surface area contributed by atoms with Crippen LogP contribution in [0.5, 0.6) is 0 Å². The van der Waals surface area contributed by atoms with E-state index in [9.17, 15) is 9.59 Å². The van der Waals surface area contributed by atoms with Crippen molar-refractivity contribution in [3.8, 4) is 0 Å². The molecule has 0 bridgehead atoms. The van der Waals surface area contributed by atoms with Gasteiger partial charge in [0.2, 0.25) is 17.8 Å². The Bertz CT molecular complexity index is 968. The highest BCUT2D eigenvalue weighted by molar-refractivity contribution is 6.05. The van der Waals surface area contributed by atoms with Crippen LogP contribution in [0.15, 0.2) is 18.2 Å². The fraction of sp³-hybridized carbons (Fsp3) is 0.429. The molecule has 2 aromatic rings. The Morgan fingerprint density at radius 1 is 1.21 bits per heavy atom. The second kappa shape index (κ2) is 7.69. The number of hydrogen-bond donors (Lipinski definition) is 3. The monoisotopic (exact) mass is 394 g/mol. The highest BCUT2D eigenvalue weighted by atomic mass is 16.2. The van der Waals surface area contributed by atoms with Gasteiger partial charge < -0.3 is 21.3 Å². The van der Waals surface area contributed by atoms with Gasteiger partial charge >= 0.3 is 0 Å². The first-order valence-electron chi connectivity index (χ1n) is 10.0. The lowest BCUT2D eigenvalue weighted by Gasteiger charge is -2.30. The van der Waals surface area contributed by atoms with Crippen molar-refractivity contribution in [1.82, 2.24) is 9.97 Å². The van der Waals surface area contributed by atoms with Crippen LogP contribution >= 0.6 is 0 Å². The highest BCUT2D eigenvalue weighted by Gasteiger charge is 2.35. The molecule has 2 amide bonds. The molecular weight excluding hydrogens is 368 g/mol. The van der Waals surface area contributed by atoms with Crippen LogP contribution in [0.2, 0.25) is 0 Å². The van der Waals surface area contributed by atoms with E-state index in [1.165, 1.54) is 6.42 Å². The summed E-state index contributed by atoms with van der Waals surface area (Å²) >= 11 is 0. The smallest absolute Gasteiger partial charge is 0.232 e. The minimum atomic E-state index is -0.727. The van der Waals surface area contributed by atoms with E-state index < -0.39 is 5.92 Å². The summed E-state index contributed by atoms with van der Waals surface area (Å²) in [5.74, 6) is -0.159. The summed E-state index contributed by atoms with van der Waals surface area (Å²) in [6.07, 6.45) is 3.36. The number of anilines is 4. The molecular formula is C21H26N6O2. The maximum absolute atomic E-state index is 13.0. The van der Waals surface area contributed by atoms with E-state index in [0.29, 0.717) is 17.3 Å². The van der Waals surface area contributed by atoms with Crippen molar-refractivity contribution in [3.05, 3.63) is 34.9 Å². The van der Waals surface area contributed by atoms with Crippen LogP contribution < -0.4 is 21.3 Å². The van der Waals surface area contributed by atoms with Crippen LogP contribution in [0.1, 0.15) is 48.3 Å². The summed E-state index contributed by atoms with van der Waals surface area (Å²) in [7, 11) is 0. The maximum atomic E-state index is 13.0. The Labute approximate surface area is 169 Å². The van der Waals surface area contributed by atoms with Crippen molar-refractivity contribution in [1.29, 1.82) is 0 Å². The number of aromatic nitrogens is 2. The van der Waals surface area contributed by atoms with Crippen LogP contribution in [0.4, 0.5) is 23.3 Å². The normalized spacial score (nSPS) is 18.8. The number of nitrogens with one attached hydrogen (secondary N) is 2. The Hall–Kier alpha value is -3.16. The number of hydrogen-bond acceptors (Lipinski definition) is 6. The molecule has 0 saturated carbocycles. The van der Waals surface area contributed by atoms with Gasteiger partial charge in [0.15, 0.2) is 0 Å². The topological polar surface area (TPSA) is 113 Å². The van der Waals surface area contributed by atoms with Crippen molar-refractivity contribution in [2.24, 2.45) is 0 Å². The van der Waals surface area contributed by atoms with Gasteiger partial charge in [-0.1, -0.05) is 17.7 Å². The number of aryl methyl sites for hydroxylation is 2. The van der Waals surface area contributed by atoms with Crippen molar-refractivity contribution in [2.45, 2.75) is 45.4 Å². The average Bonchev–Trinajstić information content (AvgIpc) is 2.69. The predicted octanol–water partition coefficient (Wildman–Crippen LogP) is 2.73. The fourth-order valence-electron chi connectivity index (χ4n) is 4.02. The zero-order valence-corrected chi connectivity index (χ0v) is 16.8. The predicted molar refractivity (Wildman–Crippen MR) is 113 cm³/mol. The first-order chi connectivity index (χ1) is 13.9. The third-order valence-corrected chi connectivity index (χ3v) is 5.55. The van der Waals surface area contributed by atoms with Gasteiger partial charge in [0.1, 0.15) is 11.6 Å². The van der Waals surface area contributed by atoms with Gasteiger partial charge in [-0.15, -0.1) is 0 Å². The zero-order valence-electron chi connectivity index (χ0n) is 16.8. The van der Waals surface area contributed by atoms with E-state index in [0.717, 1.165) is 42.7 Å². The molecule has 4 rings (SSSR count). The Balaban J connectivity index is 1.64. The lowest BCUT2D eigenvalue weighted by Crippen LogP contribution is -2.35. The first kappa shape index (κ1) is 19.2. The lowest BCUT2D eigenvalue weighted by molar-refractivity contribution is -0.123. The quantitative estimate of drug-likeness (QED) is 0.738. The number of piperidine rings is 1. The number of benzene rings is 1. The molecule has 2 aliphatic heterocycles. The number of rotatable bonds is 3. The molecule has 1 aromatic carbocycles. The van der Waals surface area contributed by atoms with Crippen molar-refractivity contribution in [3.63, 3.8) is 0 Å². The summed E-state index contributed by atoms with van der Waals surface area (Å²) < 4.78 is 0. The second-order valence-corrected chi connectivity index (χ2v) is 7.83. The van der Waals surface area contributed by atoms with Gasteiger partial charge in [-0.3, -0.25) is 9.59 Å². The summed E-state index contributed by atoms with van der Waals surface area (Å²) in [6.45, 7) is 5.66. The molecule has 1 saturated heterocycles. The van der Waals surface area contributed by atoms with Gasteiger partial charge in [-0.25, -0.2) is 0 Å². The van der Waals surface area contributed by atoms with Gasteiger partial charge in [0.25, 0.3) is 0 Å². The third-order valence-electron chi connectivity index (χ3n) is 5.55. The number of nitrogens with zero attached hydrogens (tertiary/aromatic N) is 3. The van der Waals surface area contributed by atoms with Crippen molar-refractivity contribution >= 4 is 35.1 Å². The van der Waals surface area contributed by atoms with Crippen LogP contribution in [0.25, 0.3) is 0 Å². The minimum Gasteiger partial charge on any atom is -0.383 e. The molecule has 2 aliphatic rings. The molecule has 0 radical (unpaired) electrons. The first-order valence-corrected chi connectivity index (χ1v) is 10.0. The van der Waals surface area contributed by atoms with E-state index in [1.807, 2.05) is 32.0 Å². The standard InChI is InChI=1S/C21H26N6O2/c1-12-6-7-15(13(2)10-12)23-20(29)14-11-16(28)24-19-17(14)18(22)25-21(26-19)27-8-4-3-5-9-27/h6-7,10,14H,3-5,8-9,11H2,1-2H3,(H,23,29)(H3,22,24,25,26,28)/t14-/m1/s1. The van der Waals surface area contributed by atoms with Crippen LogP contribution in [0, 0.1) is 13.8 Å². The largest absolute Gasteiger partial charge is 0.383 e. The number of fused-ring (bicyclic) bond motifs is 1. The molecule has 0 unspecified atom stereocenters. The second-order valence-electron chi connectivity index (χ2n) is 7.83. The van der Waals surface area contributed by atoms with E-state index in [2.05, 4.69) is 25.5 Å². The summed E-state index contributed by atoms with van der Waals surface area (Å²) in [6, 6.07) is 5.80. The van der Waals surface area contributed by atoms with Crippen LogP contribution in [-0.2, 0) is 9.59 Å². The van der Waals surface area contributed by atoms with E-state index in [1.54, 1.807) is 0 Å². The van der Waals surface area contributed by atoms with Crippen molar-refractivity contribution < 1.29 is 9.59 Å². The minimum absolute atomic E-state index is 0.0142. The van der Waals surface area contributed by atoms with Gasteiger partial charge in [-0.2, -0.15) is 9.97 Å². The summed E-state index contributed by atoms with van der Waals surface area (Å²) in [4.78, 5) is 36.4. The fourth-order valence-corrected chi connectivity index (χ4v) is 4.02. The summed E-state index contributed by atoms with van der Waals surface area (Å²) in [5.41, 5.74) is 9.55. The Morgan fingerprint density at radius 2 is 1.97 bits per heavy atom. The van der Waals surface area contributed by atoms with Gasteiger partial charge in [-0.05, 0) is 44.7 Å². The lowest BCUT2D eigenvalue weighted by atomic mass is 9.91. The molecule has 0 spiro atoms. The molecule has 1 atom stereocenters. The van der Waals surface area contributed by atoms with Crippen molar-refractivity contribution in [2.75, 3.05) is 34.4 Å². The number of nitrogen functional groups attached to an aromatic ring is 1. The van der Waals surface area contributed by atoms with E-state index >= 15 is 0 Å². The molecule has 1 aromatic heterocycles. The molecule has 152 valence electrons. The van der Waals surface area contributed by atoms with Gasteiger partial charge in [0.05, 0.1) is 11.5 Å². The molecule has 3 heterocycles. The third kappa shape index (κ3) is 3.87. The Kier molecular flexibility index (Phi) is 5.08. The molecule has 4 N–H and O–H groups in total. The number of carbonyl (C=O) groups is 2. The number of carbonyl (C=O) groups excluding carboxylic acids is 2. The SMILES string of the molecule is Cc1ccc(NC(=O)[C@@H]2CC(=O)Nc3nc(N4CCCCC4)nc(N)c32)c(C)c1. The highest BCUT2D eigenvalue weighted by Crippen LogP contribution is 2.37. The van der Waals surface area contributed by atoms with Gasteiger partial charge in [0, 0.05) is 25.2 Å². The Morgan fingerprint density at radius 3 is 2.69 bits per heavy atom. The van der Waals surface area contributed by atoms with E-state index in [-0.39, 0.29) is 24.1 Å². The maximum Gasteiger partial charge on any atom is 0.232 e. The summed E-state index contributed by atoms with van der Waals surface area (Å²) in [5, 5.41) is 5.70. The average molecular weight is 394 g/mol. The van der Waals surface area contributed by atoms with Crippen LogP contribution in [-0.4, -0.2) is 34.9 Å². The van der Waals surface area contributed by atoms with Crippen LogP contribution in [0.3, 0.4) is 0 Å². The van der Waals surface area contributed by atoms with E-state index in [4.69, 9.17) is 5.73 Å². The molecule has 1 fully saturated rings. The molecule has 8 nitrogen and oxygen atoms in total. The number of amides is 2. The molecule has 0 aliphatic carbocycles. The molecule has 8 heteroatoms. The zero-order chi connectivity index (χ0) is 20.5. The number of nitrogens with two attached hydrogens (primary N) is 1. The molecule has 29 heavy (non-hydrogen) atoms.